The zero-order valence-corrected chi connectivity index (χ0v) is 18.0. The SMILES string of the molecule is CCOC(=O)[C@H](OS(=O)(=O)c1ccc([N+](=O)[O-])cc1)[C@@H](O)c1ccc(S(C)(=O)=O)cc1. The van der Waals surface area contributed by atoms with E-state index in [1.54, 1.807) is 0 Å². The molecule has 0 aromatic heterocycles. The number of carbonyl (C=O) groups excluding carboxylic acids is 1. The van der Waals surface area contributed by atoms with Gasteiger partial charge in [0, 0.05) is 18.4 Å². The number of benzene rings is 2. The lowest BCUT2D eigenvalue weighted by molar-refractivity contribution is -0.384. The van der Waals surface area contributed by atoms with E-state index in [0.29, 0.717) is 0 Å². The van der Waals surface area contributed by atoms with Gasteiger partial charge >= 0.3 is 5.97 Å². The van der Waals surface area contributed by atoms with Gasteiger partial charge < -0.3 is 9.84 Å². The molecule has 0 saturated heterocycles. The van der Waals surface area contributed by atoms with E-state index in [1.165, 1.54) is 31.2 Å². The van der Waals surface area contributed by atoms with E-state index in [4.69, 9.17) is 8.92 Å². The molecule has 2 rings (SSSR count). The molecule has 0 aliphatic rings. The topological polar surface area (TPSA) is 167 Å². The predicted molar refractivity (Wildman–Crippen MR) is 106 cm³/mol. The van der Waals surface area contributed by atoms with E-state index in [0.717, 1.165) is 30.5 Å². The fourth-order valence-corrected chi connectivity index (χ4v) is 4.13. The third-order valence-electron chi connectivity index (χ3n) is 4.02. The van der Waals surface area contributed by atoms with Gasteiger partial charge in [-0.05, 0) is 36.8 Å². The second-order valence-corrected chi connectivity index (χ2v) is 9.85. The molecule has 0 aliphatic carbocycles. The molecule has 1 N–H and O–H groups in total. The Kier molecular flexibility index (Phi) is 7.49. The summed E-state index contributed by atoms with van der Waals surface area (Å²) in [5.74, 6) is -1.17. The van der Waals surface area contributed by atoms with Crippen molar-refractivity contribution in [2.45, 2.75) is 28.9 Å². The molecule has 2 atom stereocenters. The number of carbonyl (C=O) groups is 1. The number of nitrogens with zero attached hydrogens (tertiary/aromatic N) is 1. The van der Waals surface area contributed by atoms with Gasteiger partial charge in [-0.3, -0.25) is 10.1 Å². The Hall–Kier alpha value is -2.87. The first-order valence-corrected chi connectivity index (χ1v) is 12.0. The Morgan fingerprint density at radius 1 is 1.03 bits per heavy atom. The smallest absolute Gasteiger partial charge is 0.339 e. The standard InChI is InChI=1S/C18H19NO10S2/c1-3-28-18(21)17(16(20)12-4-8-14(9-5-12)30(2,24)25)29-31(26,27)15-10-6-13(7-11-15)19(22)23/h4-11,16-17,20H,3H2,1-2H3/t16-,17+/m0/s1. The highest BCUT2D eigenvalue weighted by Crippen LogP contribution is 2.26. The van der Waals surface area contributed by atoms with Crippen molar-refractivity contribution in [3.63, 3.8) is 0 Å². The van der Waals surface area contributed by atoms with E-state index in [1.807, 2.05) is 0 Å². The van der Waals surface area contributed by atoms with Gasteiger partial charge in [0.15, 0.2) is 9.84 Å². The van der Waals surface area contributed by atoms with Gasteiger partial charge in [-0.2, -0.15) is 8.42 Å². The van der Waals surface area contributed by atoms with Crippen LogP contribution < -0.4 is 0 Å². The molecule has 31 heavy (non-hydrogen) atoms. The Labute approximate surface area is 178 Å². The van der Waals surface area contributed by atoms with Crippen molar-refractivity contribution in [1.29, 1.82) is 0 Å². The molecule has 0 unspecified atom stereocenters. The number of esters is 1. The van der Waals surface area contributed by atoms with Gasteiger partial charge in [-0.15, -0.1) is 0 Å². The summed E-state index contributed by atoms with van der Waals surface area (Å²) in [6.07, 6.45) is -2.84. The van der Waals surface area contributed by atoms with Crippen LogP contribution >= 0.6 is 0 Å². The van der Waals surface area contributed by atoms with E-state index in [2.05, 4.69) is 0 Å². The van der Waals surface area contributed by atoms with Crippen LogP contribution in [0.2, 0.25) is 0 Å². The van der Waals surface area contributed by atoms with Gasteiger partial charge in [0.05, 0.1) is 21.3 Å². The van der Waals surface area contributed by atoms with Crippen molar-refractivity contribution >= 4 is 31.6 Å². The lowest BCUT2D eigenvalue weighted by Crippen LogP contribution is -2.35. The van der Waals surface area contributed by atoms with Gasteiger partial charge in [0.1, 0.15) is 6.10 Å². The molecular weight excluding hydrogens is 454 g/mol. The molecule has 0 aliphatic heterocycles. The van der Waals surface area contributed by atoms with Crippen LogP contribution in [0.25, 0.3) is 0 Å². The van der Waals surface area contributed by atoms with Crippen molar-refractivity contribution in [2.24, 2.45) is 0 Å². The first-order chi connectivity index (χ1) is 14.4. The maximum absolute atomic E-state index is 12.6. The third kappa shape index (κ3) is 6.07. The Morgan fingerprint density at radius 2 is 1.55 bits per heavy atom. The lowest BCUT2D eigenvalue weighted by Gasteiger charge is -2.21. The Bertz CT molecular complexity index is 1160. The zero-order valence-electron chi connectivity index (χ0n) is 16.4. The minimum Gasteiger partial charge on any atom is -0.464 e. The molecule has 2 aromatic carbocycles. The summed E-state index contributed by atoms with van der Waals surface area (Å²) in [6.45, 7) is 1.34. The predicted octanol–water partition coefficient (Wildman–Crippen LogP) is 1.37. The number of ether oxygens (including phenoxy) is 1. The number of hydrogen-bond acceptors (Lipinski definition) is 10. The largest absolute Gasteiger partial charge is 0.464 e. The molecule has 0 fully saturated rings. The van der Waals surface area contributed by atoms with Gasteiger partial charge in [-0.25, -0.2) is 17.4 Å². The molecule has 0 heterocycles. The van der Waals surface area contributed by atoms with E-state index in [-0.39, 0.29) is 22.8 Å². The average Bonchev–Trinajstić information content (AvgIpc) is 2.71. The summed E-state index contributed by atoms with van der Waals surface area (Å²) in [6, 6.07) is 8.49. The summed E-state index contributed by atoms with van der Waals surface area (Å²) in [7, 11) is -8.14. The first-order valence-electron chi connectivity index (χ1n) is 8.69. The fraction of sp³-hybridized carbons (Fsp3) is 0.278. The molecular formula is C18H19NO10S2. The number of rotatable bonds is 9. The molecule has 0 amide bonds. The summed E-state index contributed by atoms with van der Waals surface area (Å²) >= 11 is 0. The molecule has 11 nitrogen and oxygen atoms in total. The van der Waals surface area contributed by atoms with Crippen molar-refractivity contribution in [3.8, 4) is 0 Å². The summed E-state index contributed by atoms with van der Waals surface area (Å²) in [5, 5.41) is 21.3. The van der Waals surface area contributed by atoms with Crippen LogP contribution in [0.5, 0.6) is 0 Å². The number of nitro benzene ring substituents is 1. The van der Waals surface area contributed by atoms with Crippen LogP contribution in [0.3, 0.4) is 0 Å². The molecule has 0 saturated carbocycles. The molecule has 168 valence electrons. The highest BCUT2D eigenvalue weighted by Gasteiger charge is 2.36. The van der Waals surface area contributed by atoms with Gasteiger partial charge in [0.25, 0.3) is 15.8 Å². The van der Waals surface area contributed by atoms with Crippen LogP contribution in [-0.2, 0) is 33.7 Å². The normalized spacial score (nSPS) is 13.9. The maximum Gasteiger partial charge on any atom is 0.339 e. The van der Waals surface area contributed by atoms with Gasteiger partial charge in [-0.1, -0.05) is 12.1 Å². The number of aliphatic hydroxyl groups is 1. The Balaban J connectivity index is 2.37. The number of non-ortho nitro benzene ring substituents is 1. The van der Waals surface area contributed by atoms with E-state index in [9.17, 15) is 36.9 Å². The average molecular weight is 473 g/mol. The fourth-order valence-electron chi connectivity index (χ4n) is 2.46. The van der Waals surface area contributed by atoms with E-state index < -0.39 is 48.0 Å². The number of nitro groups is 1. The molecule has 0 radical (unpaired) electrons. The van der Waals surface area contributed by atoms with Crippen LogP contribution in [0.4, 0.5) is 5.69 Å². The maximum atomic E-state index is 12.6. The van der Waals surface area contributed by atoms with Crippen molar-refractivity contribution < 1.29 is 40.6 Å². The summed E-state index contributed by atoms with van der Waals surface area (Å²) in [4.78, 5) is 21.8. The molecule has 2 aromatic rings. The quantitative estimate of drug-likeness (QED) is 0.243. The summed E-state index contributed by atoms with van der Waals surface area (Å²) < 4.78 is 58.0. The number of aliphatic hydroxyl groups excluding tert-OH is 1. The highest BCUT2D eigenvalue weighted by atomic mass is 32.2. The molecule has 0 bridgehead atoms. The zero-order chi connectivity index (χ0) is 23.4. The highest BCUT2D eigenvalue weighted by molar-refractivity contribution is 7.90. The molecule has 13 heteroatoms. The lowest BCUT2D eigenvalue weighted by atomic mass is 10.0. The second kappa shape index (κ2) is 9.51. The van der Waals surface area contributed by atoms with E-state index >= 15 is 0 Å². The molecule has 0 spiro atoms. The van der Waals surface area contributed by atoms with Crippen molar-refractivity contribution in [3.05, 3.63) is 64.2 Å². The minimum atomic E-state index is -4.63. The van der Waals surface area contributed by atoms with Crippen LogP contribution in [0, 0.1) is 10.1 Å². The van der Waals surface area contributed by atoms with Crippen LogP contribution in [0.15, 0.2) is 58.3 Å². The monoisotopic (exact) mass is 473 g/mol. The number of sulfone groups is 1. The van der Waals surface area contributed by atoms with Gasteiger partial charge in [0.2, 0.25) is 6.10 Å². The minimum absolute atomic E-state index is 0.00403. The van der Waals surface area contributed by atoms with Crippen molar-refractivity contribution in [2.75, 3.05) is 12.9 Å². The third-order valence-corrected chi connectivity index (χ3v) is 6.46. The van der Waals surface area contributed by atoms with Crippen LogP contribution in [-0.4, -0.2) is 51.8 Å². The summed E-state index contributed by atoms with van der Waals surface area (Å²) in [5.41, 5.74) is -0.351. The first kappa shape index (κ1) is 24.4. The second-order valence-electron chi connectivity index (χ2n) is 6.26. The van der Waals surface area contributed by atoms with Crippen molar-refractivity contribution in [1.82, 2.24) is 0 Å². The van der Waals surface area contributed by atoms with Crippen LogP contribution in [0.1, 0.15) is 18.6 Å². The number of hydrogen-bond donors (Lipinski definition) is 1. The Morgan fingerprint density at radius 3 is 2.00 bits per heavy atom.